The van der Waals surface area contributed by atoms with E-state index in [9.17, 15) is 4.79 Å². The number of ketones is 1. The van der Waals surface area contributed by atoms with Crippen LogP contribution in [0.15, 0.2) is 24.3 Å². The second kappa shape index (κ2) is 4.76. The number of rotatable bonds is 2. The van der Waals surface area contributed by atoms with Gasteiger partial charge in [-0.3, -0.25) is 4.79 Å². The average Bonchev–Trinajstić information content (AvgIpc) is 2.28. The average molecular weight is 219 g/mol. The van der Waals surface area contributed by atoms with Gasteiger partial charge in [0.25, 0.3) is 0 Å². The van der Waals surface area contributed by atoms with Gasteiger partial charge in [0, 0.05) is 18.7 Å². The second-order valence-electron chi connectivity index (χ2n) is 4.36. The van der Waals surface area contributed by atoms with Gasteiger partial charge in [-0.1, -0.05) is 23.8 Å². The Morgan fingerprint density at radius 3 is 3.00 bits per heavy atom. The maximum atomic E-state index is 12.1. The van der Waals surface area contributed by atoms with E-state index in [1.807, 2.05) is 38.2 Å². The van der Waals surface area contributed by atoms with Crippen LogP contribution in [0.1, 0.15) is 15.9 Å². The zero-order chi connectivity index (χ0) is 11.5. The molecule has 0 saturated carbocycles. The fraction of sp³-hybridized carbons (Fsp3) is 0.462. The first-order valence-corrected chi connectivity index (χ1v) is 5.58. The molecule has 0 spiro atoms. The van der Waals surface area contributed by atoms with Crippen LogP contribution in [0.5, 0.6) is 0 Å². The van der Waals surface area contributed by atoms with Crippen LogP contribution in [-0.2, 0) is 4.74 Å². The van der Waals surface area contributed by atoms with Gasteiger partial charge in [-0.2, -0.15) is 0 Å². The molecule has 1 atom stereocenters. The van der Waals surface area contributed by atoms with Gasteiger partial charge in [0.15, 0.2) is 5.78 Å². The molecule has 1 aromatic carbocycles. The van der Waals surface area contributed by atoms with E-state index < -0.39 is 0 Å². The molecule has 1 fully saturated rings. The van der Waals surface area contributed by atoms with Crippen molar-refractivity contribution in [2.45, 2.75) is 13.0 Å². The Labute approximate surface area is 96.0 Å². The van der Waals surface area contributed by atoms with Crippen LogP contribution in [0.3, 0.4) is 0 Å². The first kappa shape index (κ1) is 11.3. The molecule has 0 aromatic heterocycles. The highest BCUT2D eigenvalue weighted by Gasteiger charge is 2.25. The third kappa shape index (κ3) is 2.49. The number of nitrogens with zero attached hydrogens (tertiary/aromatic N) is 1. The lowest BCUT2D eigenvalue weighted by Crippen LogP contribution is -2.44. The lowest BCUT2D eigenvalue weighted by Gasteiger charge is -2.29. The molecule has 1 saturated heterocycles. The molecule has 3 heteroatoms. The Morgan fingerprint density at radius 1 is 1.50 bits per heavy atom. The lowest BCUT2D eigenvalue weighted by molar-refractivity contribution is -0.00862. The SMILES string of the molecule is Cc1cccc(C(=O)C2CN(C)CCO2)c1. The highest BCUT2D eigenvalue weighted by molar-refractivity contribution is 5.99. The Morgan fingerprint density at radius 2 is 2.31 bits per heavy atom. The van der Waals surface area contributed by atoms with E-state index in [1.54, 1.807) is 0 Å². The van der Waals surface area contributed by atoms with Gasteiger partial charge >= 0.3 is 0 Å². The molecular formula is C13H17NO2. The van der Waals surface area contributed by atoms with Crippen molar-refractivity contribution in [1.29, 1.82) is 0 Å². The highest BCUT2D eigenvalue weighted by Crippen LogP contribution is 2.12. The Hall–Kier alpha value is -1.19. The normalized spacial score (nSPS) is 22.0. The van der Waals surface area contributed by atoms with Crippen LogP contribution in [0.2, 0.25) is 0 Å². The number of benzene rings is 1. The van der Waals surface area contributed by atoms with E-state index in [1.165, 1.54) is 0 Å². The number of aryl methyl sites for hydroxylation is 1. The van der Waals surface area contributed by atoms with Gasteiger partial charge in [0.2, 0.25) is 0 Å². The zero-order valence-electron chi connectivity index (χ0n) is 9.77. The van der Waals surface area contributed by atoms with Crippen molar-refractivity contribution >= 4 is 5.78 Å². The molecule has 3 nitrogen and oxygen atoms in total. The minimum absolute atomic E-state index is 0.0928. The van der Waals surface area contributed by atoms with E-state index in [-0.39, 0.29) is 11.9 Å². The van der Waals surface area contributed by atoms with Crippen molar-refractivity contribution in [1.82, 2.24) is 4.90 Å². The molecule has 86 valence electrons. The number of likely N-dealkylation sites (N-methyl/N-ethyl adjacent to an activating group) is 1. The van der Waals surface area contributed by atoms with Gasteiger partial charge in [-0.15, -0.1) is 0 Å². The van der Waals surface area contributed by atoms with Crippen molar-refractivity contribution in [2.75, 3.05) is 26.7 Å². The molecule has 1 aliphatic rings. The number of carbonyl (C=O) groups excluding carboxylic acids is 1. The van der Waals surface area contributed by atoms with Crippen molar-refractivity contribution < 1.29 is 9.53 Å². The number of hydrogen-bond acceptors (Lipinski definition) is 3. The molecule has 0 aliphatic carbocycles. The van der Waals surface area contributed by atoms with E-state index in [2.05, 4.69) is 4.90 Å². The number of ether oxygens (including phenoxy) is 1. The molecule has 1 aromatic rings. The summed E-state index contributed by atoms with van der Waals surface area (Å²) < 4.78 is 5.51. The number of hydrogen-bond donors (Lipinski definition) is 0. The third-order valence-electron chi connectivity index (χ3n) is 2.86. The minimum atomic E-state index is -0.305. The summed E-state index contributed by atoms with van der Waals surface area (Å²) >= 11 is 0. The molecule has 2 rings (SSSR count). The smallest absolute Gasteiger partial charge is 0.192 e. The topological polar surface area (TPSA) is 29.5 Å². The fourth-order valence-electron chi connectivity index (χ4n) is 1.92. The molecule has 0 amide bonds. The third-order valence-corrected chi connectivity index (χ3v) is 2.86. The summed E-state index contributed by atoms with van der Waals surface area (Å²) in [6.45, 7) is 4.22. The summed E-state index contributed by atoms with van der Waals surface area (Å²) in [5.41, 5.74) is 1.86. The first-order valence-electron chi connectivity index (χ1n) is 5.58. The molecule has 0 radical (unpaired) electrons. The number of carbonyl (C=O) groups is 1. The van der Waals surface area contributed by atoms with Gasteiger partial charge in [0.05, 0.1) is 6.61 Å². The molecule has 0 N–H and O–H groups in total. The summed E-state index contributed by atoms with van der Waals surface area (Å²) in [6.07, 6.45) is -0.305. The predicted molar refractivity (Wildman–Crippen MR) is 62.7 cm³/mol. The van der Waals surface area contributed by atoms with Crippen molar-refractivity contribution in [3.63, 3.8) is 0 Å². The second-order valence-corrected chi connectivity index (χ2v) is 4.36. The van der Waals surface area contributed by atoms with Crippen LogP contribution in [-0.4, -0.2) is 43.5 Å². The largest absolute Gasteiger partial charge is 0.367 e. The van der Waals surface area contributed by atoms with Gasteiger partial charge in [-0.25, -0.2) is 0 Å². The Bertz CT molecular complexity index is 389. The van der Waals surface area contributed by atoms with Gasteiger partial charge in [0.1, 0.15) is 6.10 Å². The molecule has 1 heterocycles. The van der Waals surface area contributed by atoms with E-state index in [0.29, 0.717) is 13.2 Å². The van der Waals surface area contributed by atoms with Crippen molar-refractivity contribution in [3.05, 3.63) is 35.4 Å². The zero-order valence-corrected chi connectivity index (χ0v) is 9.77. The van der Waals surface area contributed by atoms with Crippen LogP contribution >= 0.6 is 0 Å². The molecule has 1 aliphatic heterocycles. The summed E-state index contributed by atoms with van der Waals surface area (Å²) in [5, 5.41) is 0. The van der Waals surface area contributed by atoms with Crippen LogP contribution in [0, 0.1) is 6.92 Å². The minimum Gasteiger partial charge on any atom is -0.367 e. The Balaban J connectivity index is 2.12. The maximum absolute atomic E-state index is 12.1. The highest BCUT2D eigenvalue weighted by atomic mass is 16.5. The van der Waals surface area contributed by atoms with Crippen molar-refractivity contribution in [3.8, 4) is 0 Å². The molecule has 1 unspecified atom stereocenters. The maximum Gasteiger partial charge on any atom is 0.192 e. The molecular weight excluding hydrogens is 202 g/mol. The van der Waals surface area contributed by atoms with E-state index >= 15 is 0 Å². The van der Waals surface area contributed by atoms with Gasteiger partial charge in [-0.05, 0) is 20.0 Å². The fourth-order valence-corrected chi connectivity index (χ4v) is 1.92. The number of morpholine rings is 1. The standard InChI is InChI=1S/C13H17NO2/c1-10-4-3-5-11(8-10)13(15)12-9-14(2)6-7-16-12/h3-5,8,12H,6-7,9H2,1-2H3. The quantitative estimate of drug-likeness (QED) is 0.706. The Kier molecular flexibility index (Phi) is 3.36. The van der Waals surface area contributed by atoms with Crippen LogP contribution < -0.4 is 0 Å². The molecule has 0 bridgehead atoms. The summed E-state index contributed by atoms with van der Waals surface area (Å²) in [7, 11) is 2.01. The summed E-state index contributed by atoms with van der Waals surface area (Å²) in [4.78, 5) is 14.3. The molecule has 16 heavy (non-hydrogen) atoms. The first-order chi connectivity index (χ1) is 7.66. The predicted octanol–water partition coefficient (Wildman–Crippen LogP) is 1.51. The number of Topliss-reactive ketones (excluding diaryl/α,β-unsaturated/α-hetero) is 1. The monoisotopic (exact) mass is 219 g/mol. The summed E-state index contributed by atoms with van der Waals surface area (Å²) in [5.74, 6) is 0.0928. The van der Waals surface area contributed by atoms with Crippen molar-refractivity contribution in [2.24, 2.45) is 0 Å². The van der Waals surface area contributed by atoms with E-state index in [4.69, 9.17) is 4.74 Å². The van der Waals surface area contributed by atoms with Crippen LogP contribution in [0.4, 0.5) is 0 Å². The van der Waals surface area contributed by atoms with Gasteiger partial charge < -0.3 is 9.64 Å². The summed E-state index contributed by atoms with van der Waals surface area (Å²) in [6, 6.07) is 7.67. The van der Waals surface area contributed by atoms with E-state index in [0.717, 1.165) is 17.7 Å². The van der Waals surface area contributed by atoms with Crippen LogP contribution in [0.25, 0.3) is 0 Å². The lowest BCUT2D eigenvalue weighted by atomic mass is 10.0.